The van der Waals surface area contributed by atoms with Crippen molar-refractivity contribution in [2.45, 2.75) is 33.6 Å². The molecule has 3 N–H and O–H groups in total. The minimum absolute atomic E-state index is 0.174. The maximum absolute atomic E-state index is 9.04. The highest BCUT2D eigenvalue weighted by Crippen LogP contribution is 2.22. The predicted molar refractivity (Wildman–Crippen MR) is 75.1 cm³/mol. The van der Waals surface area contributed by atoms with Crippen molar-refractivity contribution in [3.63, 3.8) is 0 Å². The molecule has 0 aliphatic rings. The lowest BCUT2D eigenvalue weighted by Crippen LogP contribution is -2.17. The molecule has 1 aromatic rings. The summed E-state index contributed by atoms with van der Waals surface area (Å²) >= 11 is 0. The molecular formula is C13H24N4O. The Morgan fingerprint density at radius 2 is 1.78 bits per heavy atom. The van der Waals surface area contributed by atoms with Gasteiger partial charge in [-0.05, 0) is 12.8 Å². The summed E-state index contributed by atoms with van der Waals surface area (Å²) in [4.78, 5) is 9.03. The van der Waals surface area contributed by atoms with Crippen LogP contribution in [0.2, 0.25) is 0 Å². The number of nitrogens with one attached hydrogen (secondary N) is 2. The van der Waals surface area contributed by atoms with Gasteiger partial charge in [0, 0.05) is 31.7 Å². The highest BCUT2D eigenvalue weighted by Gasteiger charge is 2.12. The van der Waals surface area contributed by atoms with E-state index in [4.69, 9.17) is 5.11 Å². The first kappa shape index (κ1) is 14.7. The Hall–Kier alpha value is -1.36. The highest BCUT2D eigenvalue weighted by atomic mass is 16.3. The molecule has 1 heterocycles. The normalized spacial score (nSPS) is 12.6. The summed E-state index contributed by atoms with van der Waals surface area (Å²) in [6.07, 6.45) is 0. The Bertz CT molecular complexity index is 393. The van der Waals surface area contributed by atoms with E-state index in [0.29, 0.717) is 6.54 Å². The van der Waals surface area contributed by atoms with E-state index in [0.717, 1.165) is 23.0 Å². The summed E-state index contributed by atoms with van der Waals surface area (Å²) < 4.78 is 0. The fourth-order valence-electron chi connectivity index (χ4n) is 1.54. The van der Waals surface area contributed by atoms with Gasteiger partial charge in [0.25, 0.3) is 0 Å². The standard InChI is InChI=1S/C13H24N4O/c1-8(2)11-16-12(14-5)10(4)13(17-11)15-6-9(3)7-18/h8-9,18H,6-7H2,1-5H3,(H2,14,15,16,17). The van der Waals surface area contributed by atoms with Crippen LogP contribution in [0, 0.1) is 12.8 Å². The van der Waals surface area contributed by atoms with Gasteiger partial charge in [-0.2, -0.15) is 0 Å². The summed E-state index contributed by atoms with van der Waals surface area (Å²) in [5, 5.41) is 15.4. The number of aromatic nitrogens is 2. The van der Waals surface area contributed by atoms with E-state index in [-0.39, 0.29) is 18.4 Å². The SMILES string of the molecule is CNc1nc(C(C)C)nc(NCC(C)CO)c1C. The molecule has 0 aliphatic carbocycles. The van der Waals surface area contributed by atoms with Crippen LogP contribution in [0.25, 0.3) is 0 Å². The van der Waals surface area contributed by atoms with E-state index in [1.54, 1.807) is 0 Å². The fraction of sp³-hybridized carbons (Fsp3) is 0.692. The molecular weight excluding hydrogens is 228 g/mol. The Kier molecular flexibility index (Phi) is 5.34. The summed E-state index contributed by atoms with van der Waals surface area (Å²) in [6, 6.07) is 0. The predicted octanol–water partition coefficient (Wildman–Crippen LogP) is 1.99. The largest absolute Gasteiger partial charge is 0.396 e. The zero-order valence-corrected chi connectivity index (χ0v) is 11.9. The minimum atomic E-state index is 0.174. The maximum atomic E-state index is 9.04. The fourth-order valence-corrected chi connectivity index (χ4v) is 1.54. The molecule has 1 rings (SSSR count). The lowest BCUT2D eigenvalue weighted by atomic mass is 10.2. The number of aliphatic hydroxyl groups is 1. The van der Waals surface area contributed by atoms with Crippen molar-refractivity contribution in [3.8, 4) is 0 Å². The van der Waals surface area contributed by atoms with E-state index in [1.807, 2.05) is 20.9 Å². The molecule has 102 valence electrons. The molecule has 0 radical (unpaired) electrons. The van der Waals surface area contributed by atoms with E-state index in [2.05, 4.69) is 34.4 Å². The second kappa shape index (κ2) is 6.54. The molecule has 0 aromatic carbocycles. The number of aliphatic hydroxyl groups excluding tert-OH is 1. The van der Waals surface area contributed by atoms with E-state index >= 15 is 0 Å². The van der Waals surface area contributed by atoms with E-state index in [1.165, 1.54) is 0 Å². The number of hydrogen-bond acceptors (Lipinski definition) is 5. The molecule has 1 aromatic heterocycles. The first-order chi connectivity index (χ1) is 8.49. The van der Waals surface area contributed by atoms with Crippen LogP contribution in [-0.4, -0.2) is 35.3 Å². The molecule has 0 fully saturated rings. The quantitative estimate of drug-likeness (QED) is 0.722. The van der Waals surface area contributed by atoms with Gasteiger partial charge < -0.3 is 15.7 Å². The van der Waals surface area contributed by atoms with E-state index in [9.17, 15) is 0 Å². The first-order valence-electron chi connectivity index (χ1n) is 6.40. The Morgan fingerprint density at radius 1 is 1.17 bits per heavy atom. The van der Waals surface area contributed by atoms with Gasteiger partial charge in [-0.1, -0.05) is 20.8 Å². The van der Waals surface area contributed by atoms with Crippen molar-refractivity contribution in [3.05, 3.63) is 11.4 Å². The Labute approximate surface area is 109 Å². The van der Waals surface area contributed by atoms with Gasteiger partial charge in [0.15, 0.2) is 0 Å². The molecule has 18 heavy (non-hydrogen) atoms. The summed E-state index contributed by atoms with van der Waals surface area (Å²) in [5.41, 5.74) is 1.01. The average molecular weight is 252 g/mol. The van der Waals surface area contributed by atoms with Gasteiger partial charge in [0.2, 0.25) is 0 Å². The first-order valence-corrected chi connectivity index (χ1v) is 6.40. The van der Waals surface area contributed by atoms with Crippen molar-refractivity contribution in [1.29, 1.82) is 0 Å². The average Bonchev–Trinajstić information content (AvgIpc) is 2.36. The topological polar surface area (TPSA) is 70.1 Å². The molecule has 5 nitrogen and oxygen atoms in total. The van der Waals surface area contributed by atoms with Crippen LogP contribution in [-0.2, 0) is 0 Å². The third kappa shape index (κ3) is 3.57. The molecule has 0 spiro atoms. The number of anilines is 2. The van der Waals surface area contributed by atoms with Crippen molar-refractivity contribution in [2.75, 3.05) is 30.8 Å². The Balaban J connectivity index is 2.97. The molecule has 0 saturated heterocycles. The number of rotatable bonds is 6. The molecule has 5 heteroatoms. The third-order valence-corrected chi connectivity index (χ3v) is 2.85. The van der Waals surface area contributed by atoms with Crippen LogP contribution >= 0.6 is 0 Å². The van der Waals surface area contributed by atoms with Crippen molar-refractivity contribution >= 4 is 11.6 Å². The molecule has 0 saturated carbocycles. The lowest BCUT2D eigenvalue weighted by molar-refractivity contribution is 0.244. The second-order valence-electron chi connectivity index (χ2n) is 4.98. The minimum Gasteiger partial charge on any atom is -0.396 e. The maximum Gasteiger partial charge on any atom is 0.135 e. The smallest absolute Gasteiger partial charge is 0.135 e. The van der Waals surface area contributed by atoms with Gasteiger partial charge in [0.1, 0.15) is 17.5 Å². The molecule has 0 bridgehead atoms. The van der Waals surface area contributed by atoms with Crippen LogP contribution < -0.4 is 10.6 Å². The highest BCUT2D eigenvalue weighted by molar-refractivity contribution is 5.57. The van der Waals surface area contributed by atoms with Gasteiger partial charge in [0.05, 0.1) is 0 Å². The summed E-state index contributed by atoms with van der Waals surface area (Å²) in [7, 11) is 1.86. The van der Waals surface area contributed by atoms with Crippen LogP contribution in [0.1, 0.15) is 38.1 Å². The van der Waals surface area contributed by atoms with E-state index < -0.39 is 0 Å². The van der Waals surface area contributed by atoms with Crippen LogP contribution in [0.5, 0.6) is 0 Å². The van der Waals surface area contributed by atoms with Crippen molar-refractivity contribution < 1.29 is 5.11 Å². The zero-order valence-electron chi connectivity index (χ0n) is 11.9. The van der Waals surface area contributed by atoms with Gasteiger partial charge >= 0.3 is 0 Å². The monoisotopic (exact) mass is 252 g/mol. The zero-order chi connectivity index (χ0) is 13.7. The summed E-state index contributed by atoms with van der Waals surface area (Å²) in [6.45, 7) is 9.00. The van der Waals surface area contributed by atoms with Crippen LogP contribution in [0.3, 0.4) is 0 Å². The molecule has 1 atom stereocenters. The molecule has 0 aliphatic heterocycles. The van der Waals surface area contributed by atoms with Gasteiger partial charge in [-0.25, -0.2) is 9.97 Å². The van der Waals surface area contributed by atoms with Gasteiger partial charge in [-0.3, -0.25) is 0 Å². The van der Waals surface area contributed by atoms with Crippen LogP contribution in [0.15, 0.2) is 0 Å². The summed E-state index contributed by atoms with van der Waals surface area (Å²) in [5.74, 6) is 3.02. The van der Waals surface area contributed by atoms with Crippen molar-refractivity contribution in [2.24, 2.45) is 5.92 Å². The van der Waals surface area contributed by atoms with Gasteiger partial charge in [-0.15, -0.1) is 0 Å². The Morgan fingerprint density at radius 3 is 2.28 bits per heavy atom. The molecule has 1 unspecified atom stereocenters. The number of nitrogens with zero attached hydrogens (tertiary/aromatic N) is 2. The molecule has 0 amide bonds. The lowest BCUT2D eigenvalue weighted by Gasteiger charge is -2.16. The van der Waals surface area contributed by atoms with Crippen molar-refractivity contribution in [1.82, 2.24) is 9.97 Å². The van der Waals surface area contributed by atoms with Crippen LogP contribution in [0.4, 0.5) is 11.6 Å². The number of hydrogen-bond donors (Lipinski definition) is 3. The second-order valence-corrected chi connectivity index (χ2v) is 4.98. The third-order valence-electron chi connectivity index (χ3n) is 2.85.